The molecular formula is C11H16N2O2. The van der Waals surface area contributed by atoms with Gasteiger partial charge in [0.2, 0.25) is 11.8 Å². The lowest BCUT2D eigenvalue weighted by Gasteiger charge is -2.37. The maximum atomic E-state index is 11.9. The van der Waals surface area contributed by atoms with Crippen LogP contribution in [0.3, 0.4) is 0 Å². The van der Waals surface area contributed by atoms with Crippen LogP contribution in [0.1, 0.15) is 26.2 Å². The van der Waals surface area contributed by atoms with Gasteiger partial charge < -0.3 is 10.2 Å². The summed E-state index contributed by atoms with van der Waals surface area (Å²) in [5.74, 6) is 0.00607. The van der Waals surface area contributed by atoms with Gasteiger partial charge in [-0.05, 0) is 26.2 Å². The Labute approximate surface area is 89.3 Å². The van der Waals surface area contributed by atoms with Gasteiger partial charge in [0.15, 0.2) is 0 Å². The van der Waals surface area contributed by atoms with Crippen LogP contribution in [0.5, 0.6) is 0 Å². The van der Waals surface area contributed by atoms with Crippen molar-refractivity contribution in [3.8, 4) is 0 Å². The number of amides is 2. The van der Waals surface area contributed by atoms with E-state index in [4.69, 9.17) is 0 Å². The van der Waals surface area contributed by atoms with Gasteiger partial charge >= 0.3 is 0 Å². The van der Waals surface area contributed by atoms with E-state index in [1.54, 1.807) is 11.8 Å². The Bertz CT molecular complexity index is 312. The van der Waals surface area contributed by atoms with E-state index in [-0.39, 0.29) is 30.4 Å². The smallest absolute Gasteiger partial charge is 0.245 e. The van der Waals surface area contributed by atoms with Crippen LogP contribution >= 0.6 is 0 Å². The van der Waals surface area contributed by atoms with Crippen LogP contribution in [-0.4, -0.2) is 35.3 Å². The maximum absolute atomic E-state index is 11.9. The lowest BCUT2D eigenvalue weighted by Crippen LogP contribution is -2.59. The van der Waals surface area contributed by atoms with Crippen LogP contribution in [-0.2, 0) is 9.59 Å². The van der Waals surface area contributed by atoms with Crippen molar-refractivity contribution in [2.45, 2.75) is 38.3 Å². The number of hydrogen-bond acceptors (Lipinski definition) is 2. The molecule has 0 aromatic carbocycles. The van der Waals surface area contributed by atoms with Crippen molar-refractivity contribution in [3.05, 3.63) is 12.2 Å². The van der Waals surface area contributed by atoms with E-state index < -0.39 is 0 Å². The Morgan fingerprint density at radius 1 is 1.40 bits per heavy atom. The van der Waals surface area contributed by atoms with E-state index in [9.17, 15) is 9.59 Å². The Kier molecular flexibility index (Phi) is 2.75. The largest absolute Gasteiger partial charge is 0.343 e. The first-order chi connectivity index (χ1) is 7.18. The van der Waals surface area contributed by atoms with Gasteiger partial charge in [0.05, 0.1) is 6.54 Å². The summed E-state index contributed by atoms with van der Waals surface area (Å²) < 4.78 is 0. The molecule has 0 bridgehead atoms. The Morgan fingerprint density at radius 3 is 2.87 bits per heavy atom. The molecule has 4 heteroatoms. The van der Waals surface area contributed by atoms with Gasteiger partial charge in [-0.1, -0.05) is 12.2 Å². The van der Waals surface area contributed by atoms with E-state index in [1.165, 1.54) is 0 Å². The zero-order valence-electron chi connectivity index (χ0n) is 8.90. The average Bonchev–Trinajstić information content (AvgIpc) is 2.24. The first-order valence-electron chi connectivity index (χ1n) is 5.43. The first-order valence-corrected chi connectivity index (χ1v) is 5.43. The van der Waals surface area contributed by atoms with Gasteiger partial charge in [-0.15, -0.1) is 0 Å². The third kappa shape index (κ3) is 2.03. The third-order valence-corrected chi connectivity index (χ3v) is 3.03. The van der Waals surface area contributed by atoms with Gasteiger partial charge in [-0.25, -0.2) is 0 Å². The minimum Gasteiger partial charge on any atom is -0.343 e. The highest BCUT2D eigenvalue weighted by molar-refractivity contribution is 5.94. The monoisotopic (exact) mass is 208 g/mol. The maximum Gasteiger partial charge on any atom is 0.245 e. The minimum absolute atomic E-state index is 0.0448. The number of carbonyl (C=O) groups excluding carboxylic acids is 2. The summed E-state index contributed by atoms with van der Waals surface area (Å²) in [5, 5.41) is 2.65. The number of carbonyl (C=O) groups is 2. The quantitative estimate of drug-likeness (QED) is 0.636. The Hall–Kier alpha value is -1.32. The van der Waals surface area contributed by atoms with E-state index in [0.717, 1.165) is 19.3 Å². The molecule has 82 valence electrons. The molecule has 2 aliphatic rings. The number of allylic oxidation sites excluding steroid dienone is 1. The molecule has 0 aromatic rings. The van der Waals surface area contributed by atoms with Gasteiger partial charge in [0.25, 0.3) is 0 Å². The second-order valence-corrected chi connectivity index (χ2v) is 4.19. The van der Waals surface area contributed by atoms with Crippen LogP contribution in [0, 0.1) is 0 Å². The van der Waals surface area contributed by atoms with Crippen molar-refractivity contribution in [3.63, 3.8) is 0 Å². The fourth-order valence-corrected chi connectivity index (χ4v) is 2.20. The second kappa shape index (κ2) is 4.04. The lowest BCUT2D eigenvalue weighted by atomic mass is 9.98. The van der Waals surface area contributed by atoms with Gasteiger partial charge in [0, 0.05) is 6.04 Å². The summed E-state index contributed by atoms with van der Waals surface area (Å²) in [6.45, 7) is 1.97. The third-order valence-electron chi connectivity index (χ3n) is 3.03. The molecule has 1 fully saturated rings. The number of piperazine rings is 1. The van der Waals surface area contributed by atoms with E-state index in [1.807, 2.05) is 0 Å². The number of nitrogens with zero attached hydrogens (tertiary/aromatic N) is 1. The van der Waals surface area contributed by atoms with Crippen molar-refractivity contribution in [1.29, 1.82) is 0 Å². The van der Waals surface area contributed by atoms with E-state index in [2.05, 4.69) is 17.5 Å². The highest BCUT2D eigenvalue weighted by Gasteiger charge is 2.33. The summed E-state index contributed by atoms with van der Waals surface area (Å²) in [6.07, 6.45) is 7.09. The zero-order valence-corrected chi connectivity index (χ0v) is 8.90. The molecule has 1 N–H and O–H groups in total. The summed E-state index contributed by atoms with van der Waals surface area (Å²) in [7, 11) is 0. The summed E-state index contributed by atoms with van der Waals surface area (Å²) in [4.78, 5) is 24.9. The van der Waals surface area contributed by atoms with Crippen molar-refractivity contribution in [1.82, 2.24) is 10.2 Å². The van der Waals surface area contributed by atoms with Crippen molar-refractivity contribution in [2.24, 2.45) is 0 Å². The number of rotatable bonds is 1. The van der Waals surface area contributed by atoms with Crippen LogP contribution in [0.2, 0.25) is 0 Å². The Balaban J connectivity index is 2.09. The van der Waals surface area contributed by atoms with E-state index in [0.29, 0.717) is 0 Å². The molecule has 4 nitrogen and oxygen atoms in total. The average molecular weight is 208 g/mol. The summed E-state index contributed by atoms with van der Waals surface area (Å²) in [6, 6.07) is -0.145. The molecule has 1 aliphatic heterocycles. The highest BCUT2D eigenvalue weighted by Crippen LogP contribution is 2.19. The van der Waals surface area contributed by atoms with Gasteiger partial charge in [-0.3, -0.25) is 9.59 Å². The number of nitrogens with one attached hydrogen (secondary N) is 1. The topological polar surface area (TPSA) is 49.4 Å². The molecule has 0 aromatic heterocycles. The fourth-order valence-electron chi connectivity index (χ4n) is 2.20. The van der Waals surface area contributed by atoms with Crippen LogP contribution in [0.25, 0.3) is 0 Å². The molecule has 15 heavy (non-hydrogen) atoms. The molecule has 0 spiro atoms. The molecule has 2 atom stereocenters. The lowest BCUT2D eigenvalue weighted by molar-refractivity contribution is -0.146. The predicted octanol–water partition coefficient (Wildman–Crippen LogP) is 0.442. The molecule has 0 radical (unpaired) electrons. The standard InChI is InChI=1S/C11H16N2O2/c1-8-11(15)13(7-10(14)12-8)9-5-3-2-4-6-9/h2-3,8-9H,4-7H2,1H3,(H,12,14). The van der Waals surface area contributed by atoms with Crippen LogP contribution < -0.4 is 5.32 Å². The fraction of sp³-hybridized carbons (Fsp3) is 0.636. The van der Waals surface area contributed by atoms with E-state index >= 15 is 0 Å². The minimum atomic E-state index is -0.364. The normalized spacial score (nSPS) is 31.7. The molecule has 1 aliphatic carbocycles. The summed E-state index contributed by atoms with van der Waals surface area (Å²) >= 11 is 0. The molecule has 2 amide bonds. The first kappa shape index (κ1) is 10.2. The highest BCUT2D eigenvalue weighted by atomic mass is 16.2. The van der Waals surface area contributed by atoms with Crippen molar-refractivity contribution < 1.29 is 9.59 Å². The molecule has 0 saturated carbocycles. The molecule has 1 saturated heterocycles. The molecule has 1 heterocycles. The molecule has 2 rings (SSSR count). The SMILES string of the molecule is CC1NC(=O)CN(C2CC=CCC2)C1=O. The zero-order chi connectivity index (χ0) is 10.8. The van der Waals surface area contributed by atoms with Crippen molar-refractivity contribution >= 4 is 11.8 Å². The van der Waals surface area contributed by atoms with Gasteiger partial charge in [0.1, 0.15) is 6.04 Å². The van der Waals surface area contributed by atoms with Crippen LogP contribution in [0.15, 0.2) is 12.2 Å². The predicted molar refractivity (Wildman–Crippen MR) is 56.1 cm³/mol. The number of hydrogen-bond donors (Lipinski definition) is 1. The Morgan fingerprint density at radius 2 is 2.20 bits per heavy atom. The molecule has 2 unspecified atom stereocenters. The molecular weight excluding hydrogens is 192 g/mol. The second-order valence-electron chi connectivity index (χ2n) is 4.19. The van der Waals surface area contributed by atoms with Gasteiger partial charge in [-0.2, -0.15) is 0 Å². The summed E-state index contributed by atoms with van der Waals surface area (Å²) in [5.41, 5.74) is 0. The van der Waals surface area contributed by atoms with Crippen LogP contribution in [0.4, 0.5) is 0 Å². The van der Waals surface area contributed by atoms with Crippen molar-refractivity contribution in [2.75, 3.05) is 6.54 Å².